The van der Waals surface area contributed by atoms with Crippen LogP contribution >= 0.6 is 0 Å². The summed E-state index contributed by atoms with van der Waals surface area (Å²) in [4.78, 5) is 8.07. The van der Waals surface area contributed by atoms with E-state index in [1.807, 2.05) is 30.5 Å². The minimum atomic E-state index is 0.920. The largest absolute Gasteiger partial charge is 0.357 e. The molecule has 0 spiro atoms. The van der Waals surface area contributed by atoms with E-state index in [1.54, 1.807) is 6.08 Å². The Labute approximate surface area is 181 Å². The Bertz CT molecular complexity index is 1300. The first kappa shape index (κ1) is 19.3. The number of nitrogens with zero attached hydrogens (tertiary/aromatic N) is 2. The smallest absolute Gasteiger partial charge is 0.116 e. The molecule has 0 fully saturated rings. The van der Waals surface area contributed by atoms with Crippen molar-refractivity contribution in [2.75, 3.05) is 13.1 Å². The van der Waals surface area contributed by atoms with Gasteiger partial charge in [-0.25, -0.2) is 0 Å². The Kier molecular flexibility index (Phi) is 5.10. The van der Waals surface area contributed by atoms with Crippen LogP contribution in [0.2, 0.25) is 0 Å². The number of aryl methyl sites for hydroxylation is 1. The van der Waals surface area contributed by atoms with Crippen molar-refractivity contribution in [3.63, 3.8) is 0 Å². The highest BCUT2D eigenvalue weighted by molar-refractivity contribution is 5.95. The number of aromatic amines is 2. The van der Waals surface area contributed by atoms with E-state index in [0.29, 0.717) is 0 Å². The van der Waals surface area contributed by atoms with E-state index in [1.165, 1.54) is 11.1 Å². The van der Waals surface area contributed by atoms with Gasteiger partial charge in [0.25, 0.3) is 0 Å². The number of nitrogens with one attached hydrogen (secondary N) is 3. The van der Waals surface area contributed by atoms with Gasteiger partial charge in [-0.15, -0.1) is 0 Å². The van der Waals surface area contributed by atoms with Gasteiger partial charge in [-0.05, 0) is 61.4 Å². The summed E-state index contributed by atoms with van der Waals surface area (Å²) in [5.41, 5.74) is 9.74. The van der Waals surface area contributed by atoms with Crippen molar-refractivity contribution in [2.45, 2.75) is 13.3 Å². The van der Waals surface area contributed by atoms with Gasteiger partial charge in [0, 0.05) is 35.0 Å². The Morgan fingerprint density at radius 3 is 2.87 bits per heavy atom. The molecule has 3 N–H and O–H groups in total. The molecule has 0 atom stereocenters. The third-order valence-electron chi connectivity index (χ3n) is 5.78. The molecule has 1 aromatic carbocycles. The van der Waals surface area contributed by atoms with Crippen LogP contribution in [0.4, 0.5) is 0 Å². The van der Waals surface area contributed by atoms with E-state index in [4.69, 9.17) is 0 Å². The maximum absolute atomic E-state index is 4.64. The maximum Gasteiger partial charge on any atom is 0.116 e. The molecule has 0 saturated heterocycles. The molecule has 0 unspecified atom stereocenters. The fourth-order valence-corrected chi connectivity index (χ4v) is 4.22. The summed E-state index contributed by atoms with van der Waals surface area (Å²) >= 11 is 0. The lowest BCUT2D eigenvalue weighted by Gasteiger charge is -2.14. The molecule has 3 aromatic heterocycles. The standard InChI is InChI=1S/C26H25N5/c1-3-6-20(23-7-4-5-12-28-23)21-16-25(29-17(21)2)26-22-15-19(8-9-24(22)30-31-26)18-10-13-27-14-11-18/h3-10,12,15-16,27,29H,1,11,13-14H2,2H3,(H,30,31)/b20-6+. The lowest BCUT2D eigenvalue weighted by Crippen LogP contribution is -2.19. The first-order chi connectivity index (χ1) is 15.2. The molecule has 5 rings (SSSR count). The van der Waals surface area contributed by atoms with Gasteiger partial charge < -0.3 is 10.3 Å². The molecule has 1 aliphatic rings. The van der Waals surface area contributed by atoms with Crippen molar-refractivity contribution < 1.29 is 0 Å². The summed E-state index contributed by atoms with van der Waals surface area (Å²) < 4.78 is 0. The Morgan fingerprint density at radius 2 is 2.10 bits per heavy atom. The van der Waals surface area contributed by atoms with Crippen molar-refractivity contribution in [3.8, 4) is 11.4 Å². The first-order valence-corrected chi connectivity index (χ1v) is 10.6. The second kappa shape index (κ2) is 8.20. The van der Waals surface area contributed by atoms with Crippen LogP contribution in [-0.4, -0.2) is 33.3 Å². The number of allylic oxidation sites excluding steroid dienone is 2. The zero-order chi connectivity index (χ0) is 21.2. The number of aromatic nitrogens is 4. The molecule has 0 amide bonds. The lowest BCUT2D eigenvalue weighted by molar-refractivity contribution is 0.739. The summed E-state index contributed by atoms with van der Waals surface area (Å²) in [5.74, 6) is 0. The molecule has 154 valence electrons. The predicted molar refractivity (Wildman–Crippen MR) is 128 cm³/mol. The van der Waals surface area contributed by atoms with E-state index in [2.05, 4.69) is 69.3 Å². The summed E-state index contributed by atoms with van der Waals surface area (Å²) in [6.07, 6.45) is 8.95. The molecule has 31 heavy (non-hydrogen) atoms. The quantitative estimate of drug-likeness (QED) is 0.396. The third kappa shape index (κ3) is 3.64. The Morgan fingerprint density at radius 1 is 1.16 bits per heavy atom. The van der Waals surface area contributed by atoms with Gasteiger partial charge in [0.15, 0.2) is 0 Å². The van der Waals surface area contributed by atoms with Crippen molar-refractivity contribution in [3.05, 3.63) is 96.0 Å². The van der Waals surface area contributed by atoms with Crippen LogP contribution in [0.5, 0.6) is 0 Å². The third-order valence-corrected chi connectivity index (χ3v) is 5.78. The number of benzene rings is 1. The summed E-state index contributed by atoms with van der Waals surface area (Å²) in [7, 11) is 0. The number of hydrogen-bond donors (Lipinski definition) is 3. The van der Waals surface area contributed by atoms with Crippen LogP contribution in [0.1, 0.15) is 28.9 Å². The van der Waals surface area contributed by atoms with Crippen LogP contribution in [0.3, 0.4) is 0 Å². The summed E-state index contributed by atoms with van der Waals surface area (Å²) in [5, 5.41) is 12.3. The zero-order valence-electron chi connectivity index (χ0n) is 17.6. The van der Waals surface area contributed by atoms with Crippen molar-refractivity contribution in [2.24, 2.45) is 0 Å². The van der Waals surface area contributed by atoms with Crippen molar-refractivity contribution in [1.29, 1.82) is 0 Å². The number of hydrogen-bond acceptors (Lipinski definition) is 3. The van der Waals surface area contributed by atoms with Gasteiger partial charge >= 0.3 is 0 Å². The van der Waals surface area contributed by atoms with Gasteiger partial charge in [-0.3, -0.25) is 10.1 Å². The normalized spacial score (nSPS) is 14.6. The molecular weight excluding hydrogens is 382 g/mol. The molecular formula is C26H25N5. The highest BCUT2D eigenvalue weighted by Gasteiger charge is 2.17. The molecule has 0 aliphatic carbocycles. The van der Waals surface area contributed by atoms with E-state index in [0.717, 1.165) is 64.3 Å². The number of rotatable bonds is 5. The minimum absolute atomic E-state index is 0.920. The van der Waals surface area contributed by atoms with Crippen molar-refractivity contribution in [1.82, 2.24) is 25.5 Å². The van der Waals surface area contributed by atoms with E-state index in [-0.39, 0.29) is 0 Å². The second-order valence-corrected chi connectivity index (χ2v) is 7.77. The van der Waals surface area contributed by atoms with Crippen molar-refractivity contribution >= 4 is 22.0 Å². The second-order valence-electron chi connectivity index (χ2n) is 7.77. The minimum Gasteiger partial charge on any atom is -0.357 e. The zero-order valence-corrected chi connectivity index (χ0v) is 17.6. The fraction of sp³-hybridized carbons (Fsp3) is 0.154. The van der Waals surface area contributed by atoms with E-state index in [9.17, 15) is 0 Å². The van der Waals surface area contributed by atoms with Gasteiger partial charge in [0.2, 0.25) is 0 Å². The van der Waals surface area contributed by atoms with E-state index < -0.39 is 0 Å². The highest BCUT2D eigenvalue weighted by atomic mass is 15.1. The van der Waals surface area contributed by atoms with E-state index >= 15 is 0 Å². The lowest BCUT2D eigenvalue weighted by atomic mass is 9.98. The summed E-state index contributed by atoms with van der Waals surface area (Å²) in [6, 6.07) is 14.7. The van der Waals surface area contributed by atoms with Gasteiger partial charge in [0.1, 0.15) is 5.69 Å². The van der Waals surface area contributed by atoms with Crippen LogP contribution in [0, 0.1) is 6.92 Å². The first-order valence-electron chi connectivity index (χ1n) is 10.6. The fourth-order valence-electron chi connectivity index (χ4n) is 4.22. The summed E-state index contributed by atoms with van der Waals surface area (Å²) in [6.45, 7) is 7.92. The highest BCUT2D eigenvalue weighted by Crippen LogP contribution is 2.33. The average molecular weight is 408 g/mol. The molecule has 4 heterocycles. The molecule has 5 nitrogen and oxygen atoms in total. The van der Waals surface area contributed by atoms with Gasteiger partial charge in [0.05, 0.1) is 16.9 Å². The SMILES string of the molecule is C=C/C=C(/c1ccccn1)c1cc(-c2n[nH]c3ccc(C4=CCNCC4)cc23)[nH]c1C. The molecule has 4 aromatic rings. The van der Waals surface area contributed by atoms with Gasteiger partial charge in [-0.2, -0.15) is 5.10 Å². The Balaban J connectivity index is 1.59. The number of fused-ring (bicyclic) bond motifs is 1. The van der Waals surface area contributed by atoms with Crippen LogP contribution in [-0.2, 0) is 0 Å². The monoisotopic (exact) mass is 407 g/mol. The number of pyridine rings is 1. The molecule has 0 saturated carbocycles. The molecule has 5 heteroatoms. The average Bonchev–Trinajstić information content (AvgIpc) is 3.41. The Hall–Kier alpha value is -3.70. The molecule has 0 radical (unpaired) electrons. The van der Waals surface area contributed by atoms with Crippen LogP contribution in [0.25, 0.3) is 33.4 Å². The topological polar surface area (TPSA) is 69.4 Å². The maximum atomic E-state index is 4.64. The van der Waals surface area contributed by atoms with Crippen LogP contribution in [0.15, 0.2) is 73.5 Å². The number of H-pyrrole nitrogens is 2. The predicted octanol–water partition coefficient (Wildman–Crippen LogP) is 5.26. The van der Waals surface area contributed by atoms with Crippen LogP contribution < -0.4 is 5.32 Å². The van der Waals surface area contributed by atoms with Gasteiger partial charge in [-0.1, -0.05) is 36.9 Å². The molecule has 1 aliphatic heterocycles. The molecule has 0 bridgehead atoms.